The van der Waals surface area contributed by atoms with Crippen LogP contribution in [0.15, 0.2) is 18.2 Å². The summed E-state index contributed by atoms with van der Waals surface area (Å²) in [6.07, 6.45) is -4.66. The molecule has 8 nitrogen and oxygen atoms in total. The second-order valence-electron chi connectivity index (χ2n) is 8.23. The van der Waals surface area contributed by atoms with Crippen molar-refractivity contribution in [3.8, 4) is 0 Å². The molecule has 0 atom stereocenters. The van der Waals surface area contributed by atoms with Gasteiger partial charge in [-0.25, -0.2) is 4.79 Å². The number of nitrogens with one attached hydrogen (secondary N) is 2. The maximum Gasteiger partial charge on any atom is 0.418 e. The third kappa shape index (κ3) is 5.71. The molecule has 0 bridgehead atoms. The maximum atomic E-state index is 13.9. The third-order valence-corrected chi connectivity index (χ3v) is 5.81. The van der Waals surface area contributed by atoms with E-state index in [0.29, 0.717) is 30.0 Å². The number of benzene rings is 1. The zero-order valence-electron chi connectivity index (χ0n) is 19.6. The lowest BCUT2D eigenvalue weighted by atomic mass is 10.1. The lowest BCUT2D eigenvalue weighted by Gasteiger charge is -2.34. The molecule has 1 amide bonds. The number of ether oxygens (including phenoxy) is 2. The Kier molecular flexibility index (Phi) is 7.88. The van der Waals surface area contributed by atoms with Crippen molar-refractivity contribution in [3.05, 3.63) is 46.3 Å². The highest BCUT2D eigenvalue weighted by molar-refractivity contribution is 6.07. The number of hydrogen-bond donors (Lipinski definition) is 2. The van der Waals surface area contributed by atoms with Crippen molar-refractivity contribution >= 4 is 23.3 Å². The summed E-state index contributed by atoms with van der Waals surface area (Å²) in [4.78, 5) is 32.0. The molecule has 0 saturated carbocycles. The Morgan fingerprint density at radius 3 is 2.41 bits per heavy atom. The maximum absolute atomic E-state index is 13.9. The highest BCUT2D eigenvalue weighted by Crippen LogP contribution is 2.38. The van der Waals surface area contributed by atoms with E-state index in [9.17, 15) is 22.8 Å². The van der Waals surface area contributed by atoms with Gasteiger partial charge in [-0.3, -0.25) is 4.79 Å². The first-order valence-corrected chi connectivity index (χ1v) is 10.8. The molecule has 2 aromatic rings. The van der Waals surface area contributed by atoms with Gasteiger partial charge in [0, 0.05) is 44.7 Å². The first kappa shape index (κ1) is 25.6. The van der Waals surface area contributed by atoms with E-state index in [0.717, 1.165) is 19.2 Å². The topological polar surface area (TPSA) is 86.9 Å². The van der Waals surface area contributed by atoms with Crippen molar-refractivity contribution in [2.24, 2.45) is 0 Å². The molecular weight excluding hydrogens is 453 g/mol. The van der Waals surface area contributed by atoms with E-state index >= 15 is 0 Å². The average molecular weight is 483 g/mol. The number of likely N-dealkylation sites (N-methyl/N-ethyl adjacent to an activating group) is 1. The quantitative estimate of drug-likeness (QED) is 0.464. The molecule has 0 spiro atoms. The van der Waals surface area contributed by atoms with Crippen molar-refractivity contribution in [1.82, 2.24) is 9.88 Å². The fourth-order valence-electron chi connectivity index (χ4n) is 3.90. The molecule has 2 N–H and O–H groups in total. The predicted molar refractivity (Wildman–Crippen MR) is 122 cm³/mol. The van der Waals surface area contributed by atoms with Gasteiger partial charge in [-0.15, -0.1) is 0 Å². The van der Waals surface area contributed by atoms with Gasteiger partial charge < -0.3 is 29.6 Å². The molecule has 1 saturated heterocycles. The summed E-state index contributed by atoms with van der Waals surface area (Å²) in [5.41, 5.74) is -0.00296. The summed E-state index contributed by atoms with van der Waals surface area (Å²) in [7, 11) is 3.43. The highest BCUT2D eigenvalue weighted by Gasteiger charge is 2.35. The molecule has 1 fully saturated rings. The first-order chi connectivity index (χ1) is 16.0. The molecular formula is C23H29F3N4O4. The van der Waals surface area contributed by atoms with Crippen LogP contribution in [-0.2, 0) is 15.7 Å². The number of anilines is 2. The highest BCUT2D eigenvalue weighted by atomic mass is 19.4. The number of piperazine rings is 1. The minimum Gasteiger partial charge on any atom is -0.460 e. The summed E-state index contributed by atoms with van der Waals surface area (Å²) in [5, 5.41) is 2.35. The SMILES string of the molecule is COCCOC(=O)c1c(C)[nH]c(C(=O)Nc2ccc(N3CCN(C)CC3)cc2C(F)(F)F)c1C. The second-order valence-corrected chi connectivity index (χ2v) is 8.23. The van der Waals surface area contributed by atoms with Crippen LogP contribution in [0.4, 0.5) is 24.5 Å². The van der Waals surface area contributed by atoms with Crippen LogP contribution >= 0.6 is 0 Å². The van der Waals surface area contributed by atoms with Crippen LogP contribution in [0.5, 0.6) is 0 Å². The molecule has 1 aliphatic rings. The number of hydrogen-bond acceptors (Lipinski definition) is 6. The summed E-state index contributed by atoms with van der Waals surface area (Å²) in [5.74, 6) is -1.43. The summed E-state index contributed by atoms with van der Waals surface area (Å²) < 4.78 is 51.5. The van der Waals surface area contributed by atoms with Crippen molar-refractivity contribution in [3.63, 3.8) is 0 Å². The van der Waals surface area contributed by atoms with Crippen molar-refractivity contribution in [1.29, 1.82) is 0 Å². The van der Waals surface area contributed by atoms with Crippen LogP contribution in [0.3, 0.4) is 0 Å². The van der Waals surface area contributed by atoms with E-state index in [1.54, 1.807) is 13.0 Å². The molecule has 0 radical (unpaired) electrons. The number of halogens is 3. The number of alkyl halides is 3. The van der Waals surface area contributed by atoms with Gasteiger partial charge in [0.05, 0.1) is 23.4 Å². The van der Waals surface area contributed by atoms with Crippen LogP contribution in [0.25, 0.3) is 0 Å². The molecule has 3 rings (SSSR count). The molecule has 1 aromatic heterocycles. The van der Waals surface area contributed by atoms with Gasteiger partial charge in [0.25, 0.3) is 5.91 Å². The number of rotatable bonds is 7. The minimum absolute atomic E-state index is 0.00698. The number of esters is 1. The van der Waals surface area contributed by atoms with Gasteiger partial charge in [0.15, 0.2) is 0 Å². The van der Waals surface area contributed by atoms with Gasteiger partial charge in [-0.05, 0) is 44.7 Å². The summed E-state index contributed by atoms with van der Waals surface area (Å²) in [6, 6.07) is 3.90. The normalized spacial score (nSPS) is 14.9. The molecule has 11 heteroatoms. The fourth-order valence-corrected chi connectivity index (χ4v) is 3.90. The number of H-pyrrole nitrogens is 1. The van der Waals surface area contributed by atoms with Gasteiger partial charge in [0.2, 0.25) is 0 Å². The Hall–Kier alpha value is -3.05. The molecule has 1 aliphatic heterocycles. The number of aryl methyl sites for hydroxylation is 1. The Bertz CT molecular complexity index is 1040. The predicted octanol–water partition coefficient (Wildman–Crippen LogP) is 3.46. The minimum atomic E-state index is -4.66. The smallest absolute Gasteiger partial charge is 0.418 e. The molecule has 34 heavy (non-hydrogen) atoms. The van der Waals surface area contributed by atoms with Gasteiger partial charge in [0.1, 0.15) is 12.3 Å². The van der Waals surface area contributed by atoms with E-state index in [2.05, 4.69) is 15.2 Å². The second kappa shape index (κ2) is 10.5. The van der Waals surface area contributed by atoms with Gasteiger partial charge >= 0.3 is 12.1 Å². The zero-order chi connectivity index (χ0) is 25.0. The van der Waals surface area contributed by atoms with Crippen LogP contribution in [0.2, 0.25) is 0 Å². The molecule has 2 heterocycles. The Balaban J connectivity index is 1.84. The molecule has 0 unspecified atom stereocenters. The fraction of sp³-hybridized carbons (Fsp3) is 0.478. The number of carbonyl (C=O) groups excluding carboxylic acids is 2. The standard InChI is InChI=1S/C23H29F3N4O4/c1-14-19(22(32)34-12-11-33-4)15(2)27-20(14)21(31)28-18-6-5-16(13-17(18)23(24,25)26)30-9-7-29(3)8-10-30/h5-6,13,27H,7-12H2,1-4H3,(H,28,31). The molecule has 0 aliphatic carbocycles. The third-order valence-electron chi connectivity index (χ3n) is 5.81. The number of carbonyl (C=O) groups is 2. The summed E-state index contributed by atoms with van der Waals surface area (Å²) >= 11 is 0. The van der Waals surface area contributed by atoms with E-state index in [4.69, 9.17) is 9.47 Å². The molecule has 186 valence electrons. The van der Waals surface area contributed by atoms with E-state index in [-0.39, 0.29) is 30.2 Å². The van der Waals surface area contributed by atoms with Crippen molar-refractivity contribution < 1.29 is 32.2 Å². The Labute approximate surface area is 196 Å². The summed E-state index contributed by atoms with van der Waals surface area (Å²) in [6.45, 7) is 6.10. The zero-order valence-corrected chi connectivity index (χ0v) is 19.6. The number of aromatic amines is 1. The number of amides is 1. The van der Waals surface area contributed by atoms with Gasteiger partial charge in [-0.2, -0.15) is 13.2 Å². The van der Waals surface area contributed by atoms with E-state index in [1.807, 2.05) is 11.9 Å². The lowest BCUT2D eigenvalue weighted by Crippen LogP contribution is -2.44. The Morgan fingerprint density at radius 1 is 1.12 bits per heavy atom. The van der Waals surface area contributed by atoms with Crippen molar-refractivity contribution in [2.75, 3.05) is 63.8 Å². The number of methoxy groups -OCH3 is 1. The van der Waals surface area contributed by atoms with Crippen LogP contribution in [-0.4, -0.2) is 75.3 Å². The largest absolute Gasteiger partial charge is 0.460 e. The first-order valence-electron chi connectivity index (χ1n) is 10.8. The lowest BCUT2D eigenvalue weighted by molar-refractivity contribution is -0.136. The molecule has 1 aromatic carbocycles. The van der Waals surface area contributed by atoms with Crippen LogP contribution < -0.4 is 10.2 Å². The van der Waals surface area contributed by atoms with E-state index in [1.165, 1.54) is 20.1 Å². The number of nitrogens with zero attached hydrogens (tertiary/aromatic N) is 2. The number of aromatic nitrogens is 1. The monoisotopic (exact) mass is 482 g/mol. The van der Waals surface area contributed by atoms with Gasteiger partial charge in [-0.1, -0.05) is 0 Å². The van der Waals surface area contributed by atoms with E-state index < -0.39 is 23.6 Å². The van der Waals surface area contributed by atoms with Crippen LogP contribution in [0.1, 0.15) is 37.7 Å². The Morgan fingerprint density at radius 2 is 1.79 bits per heavy atom. The van der Waals surface area contributed by atoms with Crippen LogP contribution in [0, 0.1) is 13.8 Å². The van der Waals surface area contributed by atoms with Crippen molar-refractivity contribution in [2.45, 2.75) is 20.0 Å². The average Bonchev–Trinajstić information content (AvgIpc) is 3.08.